The first-order chi connectivity index (χ1) is 8.74. The maximum atomic E-state index is 12.4. The molecule has 0 aromatic heterocycles. The van der Waals surface area contributed by atoms with E-state index in [1.807, 2.05) is 11.9 Å². The molecule has 1 heterocycles. The minimum Gasteiger partial charge on any atom is -0.345 e. The number of nitrogens with one attached hydrogen (secondary N) is 1. The Kier molecular flexibility index (Phi) is 3.60. The maximum absolute atomic E-state index is 12.4. The molecule has 3 aliphatic rings. The van der Waals surface area contributed by atoms with Gasteiger partial charge < -0.3 is 10.2 Å². The molecule has 2 bridgehead atoms. The third-order valence-corrected chi connectivity index (χ3v) is 5.46. The lowest BCUT2D eigenvalue weighted by Crippen LogP contribution is -2.41. The van der Waals surface area contributed by atoms with E-state index in [0.29, 0.717) is 5.91 Å². The predicted molar refractivity (Wildman–Crippen MR) is 72.2 cm³/mol. The van der Waals surface area contributed by atoms with Gasteiger partial charge in [0.1, 0.15) is 0 Å². The average Bonchev–Trinajstić information content (AvgIpc) is 3.01. The van der Waals surface area contributed by atoms with Gasteiger partial charge in [-0.1, -0.05) is 6.42 Å². The summed E-state index contributed by atoms with van der Waals surface area (Å²) in [6.07, 6.45) is 7.76. The number of hydrogen-bond donors (Lipinski definition) is 1. The van der Waals surface area contributed by atoms with E-state index in [1.54, 1.807) is 0 Å². The summed E-state index contributed by atoms with van der Waals surface area (Å²) < 4.78 is 0. The molecule has 3 heteroatoms. The van der Waals surface area contributed by atoms with Gasteiger partial charge in [-0.05, 0) is 62.9 Å². The molecule has 0 radical (unpaired) electrons. The second-order valence-electron chi connectivity index (χ2n) is 6.68. The van der Waals surface area contributed by atoms with Gasteiger partial charge in [0.25, 0.3) is 0 Å². The van der Waals surface area contributed by atoms with E-state index in [9.17, 15) is 4.79 Å². The molecule has 2 saturated carbocycles. The van der Waals surface area contributed by atoms with Crippen molar-refractivity contribution in [3.8, 4) is 0 Å². The maximum Gasteiger partial charge on any atom is 0.225 e. The minimum atomic E-state index is 0.287. The number of fused-ring (bicyclic) bond motifs is 2. The van der Waals surface area contributed by atoms with Crippen LogP contribution in [0.4, 0.5) is 0 Å². The Labute approximate surface area is 110 Å². The second-order valence-corrected chi connectivity index (χ2v) is 6.68. The van der Waals surface area contributed by atoms with Crippen molar-refractivity contribution in [3.05, 3.63) is 0 Å². The SMILES string of the molecule is CN(CC1CC2CCC1C2)C(=O)C1CCNCC1. The summed E-state index contributed by atoms with van der Waals surface area (Å²) in [6, 6.07) is 0. The summed E-state index contributed by atoms with van der Waals surface area (Å²) >= 11 is 0. The predicted octanol–water partition coefficient (Wildman–Crippen LogP) is 1.88. The van der Waals surface area contributed by atoms with E-state index in [2.05, 4.69) is 5.32 Å². The van der Waals surface area contributed by atoms with Crippen LogP contribution in [0, 0.1) is 23.7 Å². The molecule has 18 heavy (non-hydrogen) atoms. The van der Waals surface area contributed by atoms with Gasteiger partial charge in [0.05, 0.1) is 0 Å². The summed E-state index contributed by atoms with van der Waals surface area (Å²) in [5, 5.41) is 3.33. The molecule has 2 aliphatic carbocycles. The quantitative estimate of drug-likeness (QED) is 0.829. The Morgan fingerprint density at radius 3 is 2.56 bits per heavy atom. The number of rotatable bonds is 3. The fourth-order valence-electron chi connectivity index (χ4n) is 4.42. The third kappa shape index (κ3) is 2.42. The topological polar surface area (TPSA) is 32.3 Å². The average molecular weight is 250 g/mol. The van der Waals surface area contributed by atoms with Gasteiger partial charge in [0.15, 0.2) is 0 Å². The van der Waals surface area contributed by atoms with Crippen molar-refractivity contribution >= 4 is 5.91 Å². The van der Waals surface area contributed by atoms with E-state index >= 15 is 0 Å². The molecule has 1 aliphatic heterocycles. The van der Waals surface area contributed by atoms with Crippen molar-refractivity contribution in [2.24, 2.45) is 23.7 Å². The van der Waals surface area contributed by atoms with Gasteiger partial charge in [0.2, 0.25) is 5.91 Å². The monoisotopic (exact) mass is 250 g/mol. The van der Waals surface area contributed by atoms with Crippen molar-refractivity contribution in [1.29, 1.82) is 0 Å². The summed E-state index contributed by atoms with van der Waals surface area (Å²) in [5.74, 6) is 3.41. The van der Waals surface area contributed by atoms with Crippen molar-refractivity contribution in [3.63, 3.8) is 0 Å². The lowest BCUT2D eigenvalue weighted by atomic mass is 9.88. The van der Waals surface area contributed by atoms with Crippen molar-refractivity contribution in [2.45, 2.75) is 38.5 Å². The molecular formula is C15H26N2O. The van der Waals surface area contributed by atoms with Crippen LogP contribution >= 0.6 is 0 Å². The first-order valence-corrected chi connectivity index (χ1v) is 7.69. The molecule has 1 amide bonds. The first-order valence-electron chi connectivity index (χ1n) is 7.69. The molecule has 1 saturated heterocycles. The number of carbonyl (C=O) groups excluding carboxylic acids is 1. The molecule has 102 valence electrons. The Balaban J connectivity index is 1.51. The van der Waals surface area contributed by atoms with Gasteiger partial charge in [-0.2, -0.15) is 0 Å². The van der Waals surface area contributed by atoms with Gasteiger partial charge >= 0.3 is 0 Å². The van der Waals surface area contributed by atoms with Crippen LogP contribution in [-0.4, -0.2) is 37.5 Å². The van der Waals surface area contributed by atoms with Crippen molar-refractivity contribution in [2.75, 3.05) is 26.7 Å². The summed E-state index contributed by atoms with van der Waals surface area (Å²) in [7, 11) is 2.02. The molecule has 3 nitrogen and oxygen atoms in total. The minimum absolute atomic E-state index is 0.287. The first kappa shape index (κ1) is 12.5. The van der Waals surface area contributed by atoms with E-state index in [1.165, 1.54) is 25.7 Å². The van der Waals surface area contributed by atoms with E-state index in [-0.39, 0.29) is 5.92 Å². The number of hydrogen-bond acceptors (Lipinski definition) is 2. The van der Waals surface area contributed by atoms with E-state index < -0.39 is 0 Å². The van der Waals surface area contributed by atoms with Gasteiger partial charge in [-0.25, -0.2) is 0 Å². The van der Waals surface area contributed by atoms with Crippen LogP contribution in [0.2, 0.25) is 0 Å². The van der Waals surface area contributed by atoms with Crippen LogP contribution in [0.25, 0.3) is 0 Å². The zero-order valence-corrected chi connectivity index (χ0v) is 11.5. The zero-order chi connectivity index (χ0) is 12.5. The largest absolute Gasteiger partial charge is 0.345 e. The Morgan fingerprint density at radius 1 is 1.17 bits per heavy atom. The van der Waals surface area contributed by atoms with Gasteiger partial charge in [0, 0.05) is 19.5 Å². The molecule has 0 aromatic carbocycles. The highest BCUT2D eigenvalue weighted by molar-refractivity contribution is 5.78. The summed E-state index contributed by atoms with van der Waals surface area (Å²) in [5.41, 5.74) is 0. The van der Waals surface area contributed by atoms with Crippen LogP contribution in [0.5, 0.6) is 0 Å². The van der Waals surface area contributed by atoms with Gasteiger partial charge in [-0.15, -0.1) is 0 Å². The van der Waals surface area contributed by atoms with E-state index in [0.717, 1.165) is 50.2 Å². The molecule has 0 aromatic rings. The standard InChI is InChI=1S/C15H26N2O/c1-17(15(18)12-4-6-16-7-5-12)10-14-9-11-2-3-13(14)8-11/h11-14,16H,2-10H2,1H3. The second kappa shape index (κ2) is 5.20. The van der Waals surface area contributed by atoms with Gasteiger partial charge in [-0.3, -0.25) is 4.79 Å². The zero-order valence-electron chi connectivity index (χ0n) is 11.5. The van der Waals surface area contributed by atoms with E-state index in [4.69, 9.17) is 0 Å². The molecule has 3 fully saturated rings. The Bertz CT molecular complexity index is 312. The third-order valence-electron chi connectivity index (χ3n) is 5.46. The highest BCUT2D eigenvalue weighted by atomic mass is 16.2. The molecule has 3 rings (SSSR count). The summed E-state index contributed by atoms with van der Waals surface area (Å²) in [6.45, 7) is 3.04. The van der Waals surface area contributed by atoms with Crippen LogP contribution < -0.4 is 5.32 Å². The molecular weight excluding hydrogens is 224 g/mol. The molecule has 0 spiro atoms. The van der Waals surface area contributed by atoms with Crippen LogP contribution in [-0.2, 0) is 4.79 Å². The van der Waals surface area contributed by atoms with Crippen LogP contribution in [0.3, 0.4) is 0 Å². The van der Waals surface area contributed by atoms with Crippen molar-refractivity contribution < 1.29 is 4.79 Å². The van der Waals surface area contributed by atoms with Crippen LogP contribution in [0.15, 0.2) is 0 Å². The number of carbonyl (C=O) groups is 1. The highest BCUT2D eigenvalue weighted by Crippen LogP contribution is 2.48. The fourth-order valence-corrected chi connectivity index (χ4v) is 4.42. The number of amides is 1. The summed E-state index contributed by atoms with van der Waals surface area (Å²) in [4.78, 5) is 14.4. The van der Waals surface area contributed by atoms with Crippen molar-refractivity contribution in [1.82, 2.24) is 10.2 Å². The Morgan fingerprint density at radius 2 is 1.94 bits per heavy atom. The Hall–Kier alpha value is -0.570. The number of nitrogens with zero attached hydrogens (tertiary/aromatic N) is 1. The normalized spacial score (nSPS) is 35.9. The van der Waals surface area contributed by atoms with Crippen LogP contribution in [0.1, 0.15) is 38.5 Å². The number of piperidine rings is 1. The smallest absolute Gasteiger partial charge is 0.225 e. The highest BCUT2D eigenvalue weighted by Gasteiger charge is 2.40. The molecule has 3 unspecified atom stereocenters. The molecule has 3 atom stereocenters. The lowest BCUT2D eigenvalue weighted by Gasteiger charge is -2.31. The lowest BCUT2D eigenvalue weighted by molar-refractivity contribution is -0.135. The molecule has 1 N–H and O–H groups in total. The fraction of sp³-hybridized carbons (Fsp3) is 0.933.